The highest BCUT2D eigenvalue weighted by atomic mass is 14.2. The molecule has 0 aliphatic carbocycles. The standard InChI is InChI=1S/C19H22/c1-3-10-16(2)15-19(17-11-6-4-7-12-17)18-13-8-5-9-14-18/h4-14,19H,3,15H2,1-2H3/b16-10+. The molecule has 0 atom stereocenters. The number of rotatable bonds is 5. The molecule has 19 heavy (non-hydrogen) atoms. The topological polar surface area (TPSA) is 0 Å². The average molecular weight is 250 g/mol. The minimum Gasteiger partial charge on any atom is -0.0859 e. The Balaban J connectivity index is 2.32. The highest BCUT2D eigenvalue weighted by molar-refractivity contribution is 5.33. The van der Waals surface area contributed by atoms with Crippen LogP contribution in [0.15, 0.2) is 72.3 Å². The van der Waals surface area contributed by atoms with E-state index >= 15 is 0 Å². The van der Waals surface area contributed by atoms with E-state index in [-0.39, 0.29) is 0 Å². The van der Waals surface area contributed by atoms with E-state index in [9.17, 15) is 0 Å². The van der Waals surface area contributed by atoms with Crippen molar-refractivity contribution in [3.05, 3.63) is 83.4 Å². The van der Waals surface area contributed by atoms with Gasteiger partial charge in [0.2, 0.25) is 0 Å². The van der Waals surface area contributed by atoms with Gasteiger partial charge in [0.1, 0.15) is 0 Å². The average Bonchev–Trinajstić information content (AvgIpc) is 2.47. The van der Waals surface area contributed by atoms with E-state index in [0.717, 1.165) is 12.8 Å². The van der Waals surface area contributed by atoms with Crippen LogP contribution in [0.25, 0.3) is 0 Å². The summed E-state index contributed by atoms with van der Waals surface area (Å²) in [5.41, 5.74) is 4.27. The fraction of sp³-hybridized carbons (Fsp3) is 0.263. The molecule has 2 aromatic rings. The van der Waals surface area contributed by atoms with Crippen LogP contribution >= 0.6 is 0 Å². The maximum absolute atomic E-state index is 2.33. The van der Waals surface area contributed by atoms with Crippen LogP contribution in [0.3, 0.4) is 0 Å². The Morgan fingerprint density at radius 1 is 0.895 bits per heavy atom. The van der Waals surface area contributed by atoms with Crippen LogP contribution in [0, 0.1) is 0 Å². The zero-order chi connectivity index (χ0) is 13.5. The number of hydrogen-bond donors (Lipinski definition) is 0. The third-order valence-electron chi connectivity index (χ3n) is 3.48. The van der Waals surface area contributed by atoms with Gasteiger partial charge in [0, 0.05) is 5.92 Å². The molecule has 0 heteroatoms. The van der Waals surface area contributed by atoms with Crippen molar-refractivity contribution in [2.24, 2.45) is 0 Å². The van der Waals surface area contributed by atoms with E-state index in [0.29, 0.717) is 5.92 Å². The number of allylic oxidation sites excluding steroid dienone is 2. The Morgan fingerprint density at radius 3 is 1.79 bits per heavy atom. The fourth-order valence-electron chi connectivity index (χ4n) is 2.55. The fourth-order valence-corrected chi connectivity index (χ4v) is 2.55. The van der Waals surface area contributed by atoms with Gasteiger partial charge in [-0.2, -0.15) is 0 Å². The van der Waals surface area contributed by atoms with Gasteiger partial charge in [0.15, 0.2) is 0 Å². The molecular formula is C19H22. The molecule has 0 radical (unpaired) electrons. The van der Waals surface area contributed by atoms with Crippen LogP contribution < -0.4 is 0 Å². The van der Waals surface area contributed by atoms with Crippen molar-refractivity contribution >= 4 is 0 Å². The summed E-state index contributed by atoms with van der Waals surface area (Å²) in [6.07, 6.45) is 4.54. The lowest BCUT2D eigenvalue weighted by Gasteiger charge is -2.18. The molecular weight excluding hydrogens is 228 g/mol. The van der Waals surface area contributed by atoms with Crippen LogP contribution in [0.5, 0.6) is 0 Å². The van der Waals surface area contributed by atoms with E-state index in [1.165, 1.54) is 16.7 Å². The van der Waals surface area contributed by atoms with Crippen LogP contribution in [-0.2, 0) is 0 Å². The largest absolute Gasteiger partial charge is 0.0859 e. The first-order valence-corrected chi connectivity index (χ1v) is 7.06. The van der Waals surface area contributed by atoms with Crippen LogP contribution in [0.4, 0.5) is 0 Å². The maximum atomic E-state index is 2.33. The summed E-state index contributed by atoms with van der Waals surface area (Å²) < 4.78 is 0. The summed E-state index contributed by atoms with van der Waals surface area (Å²) in [7, 11) is 0. The molecule has 0 fully saturated rings. The first-order chi connectivity index (χ1) is 9.31. The van der Waals surface area contributed by atoms with Crippen molar-refractivity contribution in [3.8, 4) is 0 Å². The van der Waals surface area contributed by atoms with Gasteiger partial charge in [-0.05, 0) is 30.9 Å². The second-order valence-electron chi connectivity index (χ2n) is 5.04. The first-order valence-electron chi connectivity index (χ1n) is 7.06. The normalized spacial score (nSPS) is 11.8. The third kappa shape index (κ3) is 3.82. The van der Waals surface area contributed by atoms with Crippen molar-refractivity contribution in [1.29, 1.82) is 0 Å². The highest BCUT2D eigenvalue weighted by Gasteiger charge is 2.13. The summed E-state index contributed by atoms with van der Waals surface area (Å²) >= 11 is 0. The van der Waals surface area contributed by atoms with E-state index in [2.05, 4.69) is 80.6 Å². The van der Waals surface area contributed by atoms with Gasteiger partial charge in [0.25, 0.3) is 0 Å². The van der Waals surface area contributed by atoms with Crippen molar-refractivity contribution in [1.82, 2.24) is 0 Å². The molecule has 0 bridgehead atoms. The lowest BCUT2D eigenvalue weighted by molar-refractivity contribution is 0.791. The predicted molar refractivity (Wildman–Crippen MR) is 83.4 cm³/mol. The Hall–Kier alpha value is -1.82. The predicted octanol–water partition coefficient (Wildman–Crippen LogP) is 5.56. The summed E-state index contributed by atoms with van der Waals surface area (Å²) in [5, 5.41) is 0. The lowest BCUT2D eigenvalue weighted by Crippen LogP contribution is -2.01. The van der Waals surface area contributed by atoms with E-state index in [1.54, 1.807) is 0 Å². The summed E-state index contributed by atoms with van der Waals surface area (Å²) in [4.78, 5) is 0. The molecule has 0 aliphatic rings. The molecule has 0 unspecified atom stereocenters. The molecule has 0 aliphatic heterocycles. The minimum atomic E-state index is 0.463. The van der Waals surface area contributed by atoms with Crippen molar-refractivity contribution in [2.45, 2.75) is 32.6 Å². The lowest BCUT2D eigenvalue weighted by atomic mass is 9.86. The quantitative estimate of drug-likeness (QED) is 0.609. The highest BCUT2D eigenvalue weighted by Crippen LogP contribution is 2.30. The van der Waals surface area contributed by atoms with Crippen molar-refractivity contribution in [3.63, 3.8) is 0 Å². The Labute approximate surface area is 116 Å². The number of hydrogen-bond acceptors (Lipinski definition) is 0. The zero-order valence-corrected chi connectivity index (χ0v) is 11.8. The molecule has 0 heterocycles. The molecule has 0 saturated heterocycles. The molecule has 98 valence electrons. The van der Waals surface area contributed by atoms with Gasteiger partial charge in [0.05, 0.1) is 0 Å². The summed E-state index contributed by atoms with van der Waals surface area (Å²) in [6, 6.07) is 21.6. The van der Waals surface area contributed by atoms with E-state index in [1.807, 2.05) is 0 Å². The molecule has 0 aromatic heterocycles. The first kappa shape index (κ1) is 13.6. The number of benzene rings is 2. The SMILES string of the molecule is CC/C=C(\C)CC(c1ccccc1)c1ccccc1. The smallest absolute Gasteiger partial charge is 0.0126 e. The minimum absolute atomic E-state index is 0.463. The van der Waals surface area contributed by atoms with Gasteiger partial charge in [-0.3, -0.25) is 0 Å². The molecule has 0 saturated carbocycles. The molecule has 0 amide bonds. The molecule has 2 aromatic carbocycles. The van der Waals surface area contributed by atoms with Gasteiger partial charge in [-0.1, -0.05) is 79.2 Å². The second kappa shape index (κ2) is 6.94. The second-order valence-corrected chi connectivity index (χ2v) is 5.04. The van der Waals surface area contributed by atoms with Gasteiger partial charge in [-0.15, -0.1) is 0 Å². The van der Waals surface area contributed by atoms with Gasteiger partial charge < -0.3 is 0 Å². The van der Waals surface area contributed by atoms with E-state index in [4.69, 9.17) is 0 Å². The molecule has 0 spiro atoms. The van der Waals surface area contributed by atoms with Crippen LogP contribution in [0.2, 0.25) is 0 Å². The Kier molecular flexibility index (Phi) is 4.97. The maximum Gasteiger partial charge on any atom is 0.0126 e. The van der Waals surface area contributed by atoms with Gasteiger partial charge >= 0.3 is 0 Å². The van der Waals surface area contributed by atoms with Gasteiger partial charge in [-0.25, -0.2) is 0 Å². The molecule has 0 N–H and O–H groups in total. The van der Waals surface area contributed by atoms with Crippen molar-refractivity contribution in [2.75, 3.05) is 0 Å². The molecule has 0 nitrogen and oxygen atoms in total. The Bertz CT molecular complexity index is 469. The summed E-state index contributed by atoms with van der Waals surface area (Å²) in [5.74, 6) is 0.463. The van der Waals surface area contributed by atoms with Crippen molar-refractivity contribution < 1.29 is 0 Å². The Morgan fingerprint density at radius 2 is 1.37 bits per heavy atom. The van der Waals surface area contributed by atoms with Crippen LogP contribution in [-0.4, -0.2) is 0 Å². The van der Waals surface area contributed by atoms with Crippen LogP contribution in [0.1, 0.15) is 43.7 Å². The van der Waals surface area contributed by atoms with E-state index < -0.39 is 0 Å². The molecule has 2 rings (SSSR count). The monoisotopic (exact) mass is 250 g/mol. The zero-order valence-electron chi connectivity index (χ0n) is 11.8. The summed E-state index contributed by atoms with van der Waals surface area (Å²) in [6.45, 7) is 4.44. The third-order valence-corrected chi connectivity index (χ3v) is 3.48.